The number of benzene rings is 1. The summed E-state index contributed by atoms with van der Waals surface area (Å²) in [6.45, 7) is 8.28. The number of thioether (sulfide) groups is 1. The molecule has 0 bridgehead atoms. The third-order valence-electron chi connectivity index (χ3n) is 6.65. The topological polar surface area (TPSA) is 90.0 Å². The highest BCUT2D eigenvalue weighted by Gasteiger charge is 2.57. The van der Waals surface area contributed by atoms with E-state index in [4.69, 9.17) is 0 Å². The van der Waals surface area contributed by atoms with Crippen molar-refractivity contribution >= 4 is 29.5 Å². The van der Waals surface area contributed by atoms with E-state index in [2.05, 4.69) is 5.32 Å². The number of aliphatic hydroxyl groups is 1. The van der Waals surface area contributed by atoms with Gasteiger partial charge in [0.1, 0.15) is 17.5 Å². The molecule has 3 aliphatic heterocycles. The van der Waals surface area contributed by atoms with Gasteiger partial charge in [0, 0.05) is 16.9 Å². The maximum absolute atomic E-state index is 13.5. The van der Waals surface area contributed by atoms with Gasteiger partial charge < -0.3 is 20.2 Å². The molecule has 2 fully saturated rings. The van der Waals surface area contributed by atoms with E-state index in [1.54, 1.807) is 27.6 Å². The largest absolute Gasteiger partial charge is 0.394 e. The van der Waals surface area contributed by atoms with Crippen LogP contribution in [0.3, 0.4) is 0 Å². The van der Waals surface area contributed by atoms with Gasteiger partial charge in [0.25, 0.3) is 5.91 Å². The number of hydrogen-bond acceptors (Lipinski definition) is 5. The van der Waals surface area contributed by atoms with Crippen LogP contribution in [0.25, 0.3) is 0 Å². The summed E-state index contributed by atoms with van der Waals surface area (Å²) < 4.78 is -0.496. The molecule has 0 saturated carbocycles. The predicted octanol–water partition coefficient (Wildman–Crippen LogP) is 2.16. The van der Waals surface area contributed by atoms with E-state index in [1.165, 1.54) is 0 Å². The number of carbonyl (C=O) groups is 3. The molecule has 4 rings (SSSR count). The summed E-state index contributed by atoms with van der Waals surface area (Å²) in [5, 5.41) is 12.4. The lowest BCUT2D eigenvalue weighted by Crippen LogP contribution is -2.59. The van der Waals surface area contributed by atoms with Gasteiger partial charge in [0.15, 0.2) is 0 Å². The Bertz CT molecular complexity index is 903. The fourth-order valence-electron chi connectivity index (χ4n) is 5.04. The van der Waals surface area contributed by atoms with Crippen LogP contribution >= 0.6 is 11.8 Å². The summed E-state index contributed by atoms with van der Waals surface area (Å²) in [5.41, 5.74) is 1.59. The highest BCUT2D eigenvalue weighted by Crippen LogP contribution is 2.56. The van der Waals surface area contributed by atoms with Crippen LogP contribution in [0.5, 0.6) is 0 Å². The molecule has 4 atom stereocenters. The molecule has 0 spiro atoms. The maximum atomic E-state index is 13.5. The number of fused-ring (bicyclic) bond motifs is 3. The summed E-state index contributed by atoms with van der Waals surface area (Å²) >= 11 is 1.61. The molecule has 31 heavy (non-hydrogen) atoms. The zero-order valence-electron chi connectivity index (χ0n) is 18.5. The summed E-state index contributed by atoms with van der Waals surface area (Å²) in [7, 11) is 0. The molecule has 3 amide bonds. The molecule has 0 radical (unpaired) electrons. The molecule has 0 aliphatic carbocycles. The molecule has 8 heteroatoms. The van der Waals surface area contributed by atoms with Crippen molar-refractivity contribution in [2.45, 2.75) is 68.8 Å². The number of rotatable bonds is 5. The van der Waals surface area contributed by atoms with E-state index in [1.807, 2.05) is 45.9 Å². The number of hydrogen-bond donors (Lipinski definition) is 2. The van der Waals surface area contributed by atoms with Crippen molar-refractivity contribution in [3.8, 4) is 0 Å². The second kappa shape index (κ2) is 8.13. The Hall–Kier alpha value is -2.06. The SMILES string of the molecule is CC(C)[C@H](NC(=O)[C@H]1N2C(=O)c3ccccc3C2SC1(C)C)C(=O)N1CCC[C@H]1CO. The Morgan fingerprint density at radius 3 is 2.68 bits per heavy atom. The number of likely N-dealkylation sites (tertiary alicyclic amines) is 1. The average Bonchev–Trinajstić information content (AvgIpc) is 3.38. The molecule has 1 aromatic carbocycles. The van der Waals surface area contributed by atoms with Gasteiger partial charge >= 0.3 is 0 Å². The van der Waals surface area contributed by atoms with Crippen LogP contribution in [-0.4, -0.2) is 68.7 Å². The van der Waals surface area contributed by atoms with Crippen LogP contribution in [0.15, 0.2) is 24.3 Å². The van der Waals surface area contributed by atoms with E-state index in [9.17, 15) is 19.5 Å². The lowest BCUT2D eigenvalue weighted by molar-refractivity contribution is -0.140. The van der Waals surface area contributed by atoms with Gasteiger partial charge in [-0.05, 0) is 44.2 Å². The monoisotopic (exact) mass is 445 g/mol. The molecular weight excluding hydrogens is 414 g/mol. The van der Waals surface area contributed by atoms with Crippen LogP contribution < -0.4 is 5.32 Å². The van der Waals surface area contributed by atoms with Gasteiger partial charge in [-0.3, -0.25) is 14.4 Å². The number of carbonyl (C=O) groups excluding carboxylic acids is 3. The molecule has 0 aromatic heterocycles. The summed E-state index contributed by atoms with van der Waals surface area (Å²) in [6.07, 6.45) is 1.62. The van der Waals surface area contributed by atoms with E-state index >= 15 is 0 Å². The molecule has 3 aliphatic rings. The molecule has 3 heterocycles. The minimum Gasteiger partial charge on any atom is -0.394 e. The first-order valence-electron chi connectivity index (χ1n) is 11.0. The Balaban J connectivity index is 1.58. The van der Waals surface area contributed by atoms with Crippen molar-refractivity contribution < 1.29 is 19.5 Å². The maximum Gasteiger partial charge on any atom is 0.256 e. The van der Waals surface area contributed by atoms with Crippen LogP contribution in [0.4, 0.5) is 0 Å². The van der Waals surface area contributed by atoms with E-state index in [0.29, 0.717) is 12.1 Å². The fraction of sp³-hybridized carbons (Fsp3) is 0.609. The van der Waals surface area contributed by atoms with Gasteiger partial charge in [0.05, 0.1) is 12.6 Å². The van der Waals surface area contributed by atoms with Crippen molar-refractivity contribution in [2.75, 3.05) is 13.2 Å². The van der Waals surface area contributed by atoms with E-state index in [0.717, 1.165) is 18.4 Å². The Morgan fingerprint density at radius 1 is 1.29 bits per heavy atom. The highest BCUT2D eigenvalue weighted by molar-refractivity contribution is 8.01. The quantitative estimate of drug-likeness (QED) is 0.725. The van der Waals surface area contributed by atoms with E-state index in [-0.39, 0.29) is 41.7 Å². The Kier molecular flexibility index (Phi) is 5.81. The lowest BCUT2D eigenvalue weighted by atomic mass is 9.97. The van der Waals surface area contributed by atoms with Crippen molar-refractivity contribution in [1.29, 1.82) is 0 Å². The third-order valence-corrected chi connectivity index (χ3v) is 8.18. The second-order valence-electron chi connectivity index (χ2n) is 9.52. The van der Waals surface area contributed by atoms with E-state index < -0.39 is 16.8 Å². The van der Waals surface area contributed by atoms with Crippen molar-refractivity contribution in [3.63, 3.8) is 0 Å². The Morgan fingerprint density at radius 2 is 2.00 bits per heavy atom. The molecule has 2 N–H and O–H groups in total. The molecule has 168 valence electrons. The summed E-state index contributed by atoms with van der Waals surface area (Å²) in [5.74, 6) is -0.703. The third kappa shape index (κ3) is 3.63. The zero-order valence-corrected chi connectivity index (χ0v) is 19.3. The zero-order chi connectivity index (χ0) is 22.5. The summed E-state index contributed by atoms with van der Waals surface area (Å²) in [6, 6.07) is 5.94. The van der Waals surface area contributed by atoms with Crippen molar-refractivity contribution in [1.82, 2.24) is 15.1 Å². The van der Waals surface area contributed by atoms with Gasteiger partial charge in [-0.2, -0.15) is 0 Å². The number of amides is 3. The first-order valence-corrected chi connectivity index (χ1v) is 11.9. The standard InChI is InChI=1S/C23H31N3O4S/c1-13(2)17(21(30)25-11-7-8-14(25)12-27)24-19(28)18-23(3,4)31-22-16-10-6-5-9-15(16)20(29)26(18)22/h5-6,9-10,13-14,17-18,22,27H,7-8,11-12H2,1-4H3,(H,24,28)/t14-,17-,18+,22?/m0/s1. The minimum absolute atomic E-state index is 0.0704. The van der Waals surface area contributed by atoms with Crippen molar-refractivity contribution in [2.24, 2.45) is 5.92 Å². The molecule has 1 aromatic rings. The van der Waals surface area contributed by atoms with Crippen LogP contribution in [0.2, 0.25) is 0 Å². The highest BCUT2D eigenvalue weighted by atomic mass is 32.2. The van der Waals surface area contributed by atoms with Crippen molar-refractivity contribution in [3.05, 3.63) is 35.4 Å². The van der Waals surface area contributed by atoms with Gasteiger partial charge in [-0.15, -0.1) is 11.8 Å². The smallest absolute Gasteiger partial charge is 0.256 e. The summed E-state index contributed by atoms with van der Waals surface area (Å²) in [4.78, 5) is 43.3. The molecule has 7 nitrogen and oxygen atoms in total. The first kappa shape index (κ1) is 22.1. The van der Waals surface area contributed by atoms with Crippen LogP contribution in [0.1, 0.15) is 61.8 Å². The van der Waals surface area contributed by atoms with Crippen LogP contribution in [0, 0.1) is 5.92 Å². The fourth-order valence-corrected chi connectivity index (χ4v) is 6.63. The first-order chi connectivity index (χ1) is 14.7. The number of nitrogens with zero attached hydrogens (tertiary/aromatic N) is 2. The number of nitrogens with one attached hydrogen (secondary N) is 1. The van der Waals surface area contributed by atoms with Gasteiger partial charge in [-0.25, -0.2) is 0 Å². The molecular formula is C23H31N3O4S. The number of aliphatic hydroxyl groups excluding tert-OH is 1. The Labute approximate surface area is 187 Å². The predicted molar refractivity (Wildman–Crippen MR) is 119 cm³/mol. The van der Waals surface area contributed by atoms with Gasteiger partial charge in [-0.1, -0.05) is 32.0 Å². The normalized spacial score (nSPS) is 27.4. The van der Waals surface area contributed by atoms with Gasteiger partial charge in [0.2, 0.25) is 11.8 Å². The second-order valence-corrected chi connectivity index (χ2v) is 11.3. The lowest BCUT2D eigenvalue weighted by Gasteiger charge is -2.34. The minimum atomic E-state index is -0.695. The molecule has 2 saturated heterocycles. The average molecular weight is 446 g/mol. The van der Waals surface area contributed by atoms with Crippen LogP contribution in [-0.2, 0) is 9.59 Å². The molecule has 1 unspecified atom stereocenters.